The molecule has 0 heterocycles. The summed E-state index contributed by atoms with van der Waals surface area (Å²) in [6, 6.07) is 14.1. The van der Waals surface area contributed by atoms with E-state index >= 15 is 0 Å². The number of Topliss-reactive ketones (excluding diaryl/α,β-unsaturated/α-hetero) is 1. The quantitative estimate of drug-likeness (QED) is 0.513. The van der Waals surface area contributed by atoms with Crippen molar-refractivity contribution in [2.45, 2.75) is 6.92 Å². The highest BCUT2D eigenvalue weighted by molar-refractivity contribution is 6.03. The van der Waals surface area contributed by atoms with Crippen molar-refractivity contribution in [1.82, 2.24) is 0 Å². The lowest BCUT2D eigenvalue weighted by Crippen LogP contribution is -2.08. The van der Waals surface area contributed by atoms with Crippen LogP contribution in [0.1, 0.15) is 22.8 Å². The Morgan fingerprint density at radius 2 is 1.86 bits per heavy atom. The first-order valence-electron chi connectivity index (χ1n) is 6.50. The number of nitrogen functional groups attached to an aromatic ring is 1. The third-order valence-electron chi connectivity index (χ3n) is 2.87. The predicted octanol–water partition coefficient (Wildman–Crippen LogP) is 3.12. The number of anilines is 2. The van der Waals surface area contributed by atoms with Crippen molar-refractivity contribution >= 4 is 29.1 Å². The zero-order chi connectivity index (χ0) is 15.2. The van der Waals surface area contributed by atoms with Crippen molar-refractivity contribution in [3.8, 4) is 0 Å². The van der Waals surface area contributed by atoms with Crippen LogP contribution in [0.2, 0.25) is 0 Å². The summed E-state index contributed by atoms with van der Waals surface area (Å²) in [4.78, 5) is 23.1. The van der Waals surface area contributed by atoms with Crippen LogP contribution in [-0.2, 0) is 4.79 Å². The van der Waals surface area contributed by atoms with Crippen molar-refractivity contribution in [2.75, 3.05) is 11.1 Å². The van der Waals surface area contributed by atoms with Gasteiger partial charge in [0.2, 0.25) is 5.91 Å². The molecule has 2 aromatic carbocycles. The largest absolute Gasteiger partial charge is 0.399 e. The van der Waals surface area contributed by atoms with Crippen molar-refractivity contribution in [3.05, 3.63) is 65.7 Å². The first-order chi connectivity index (χ1) is 10.0. The standard InChI is InChI=1S/C17H16N2O2/c1-12(20)14-5-3-7-16(11-14)19-17(21)9-8-13-4-2-6-15(18)10-13/h2-11H,18H2,1H3,(H,19,21)/b9-8+. The maximum Gasteiger partial charge on any atom is 0.248 e. The monoisotopic (exact) mass is 280 g/mol. The Bertz CT molecular complexity index is 705. The van der Waals surface area contributed by atoms with Gasteiger partial charge in [0.25, 0.3) is 0 Å². The molecule has 0 aliphatic heterocycles. The fraction of sp³-hybridized carbons (Fsp3) is 0.0588. The Balaban J connectivity index is 2.05. The average Bonchev–Trinajstić information content (AvgIpc) is 2.45. The molecule has 2 rings (SSSR count). The molecule has 0 aliphatic carbocycles. The zero-order valence-corrected chi connectivity index (χ0v) is 11.7. The molecular weight excluding hydrogens is 264 g/mol. The van der Waals surface area contributed by atoms with Crippen LogP contribution in [0, 0.1) is 0 Å². The lowest BCUT2D eigenvalue weighted by molar-refractivity contribution is -0.111. The molecule has 0 aromatic heterocycles. The van der Waals surface area contributed by atoms with Crippen molar-refractivity contribution in [1.29, 1.82) is 0 Å². The van der Waals surface area contributed by atoms with Gasteiger partial charge < -0.3 is 11.1 Å². The fourth-order valence-corrected chi connectivity index (χ4v) is 1.83. The number of ketones is 1. The molecule has 1 amide bonds. The second-order valence-corrected chi connectivity index (χ2v) is 4.63. The molecule has 0 saturated carbocycles. The van der Waals surface area contributed by atoms with E-state index in [0.717, 1.165) is 5.56 Å². The van der Waals surface area contributed by atoms with E-state index in [4.69, 9.17) is 5.73 Å². The summed E-state index contributed by atoms with van der Waals surface area (Å²) >= 11 is 0. The van der Waals surface area contributed by atoms with Gasteiger partial charge >= 0.3 is 0 Å². The van der Waals surface area contributed by atoms with Crippen molar-refractivity contribution in [2.24, 2.45) is 0 Å². The Kier molecular flexibility index (Phi) is 4.51. The first kappa shape index (κ1) is 14.5. The summed E-state index contributed by atoms with van der Waals surface area (Å²) in [5, 5.41) is 2.71. The summed E-state index contributed by atoms with van der Waals surface area (Å²) in [6.45, 7) is 1.49. The summed E-state index contributed by atoms with van der Waals surface area (Å²) in [5.41, 5.74) is 8.31. The minimum absolute atomic E-state index is 0.0404. The summed E-state index contributed by atoms with van der Waals surface area (Å²) in [5.74, 6) is -0.306. The van der Waals surface area contributed by atoms with Crippen molar-refractivity contribution in [3.63, 3.8) is 0 Å². The minimum Gasteiger partial charge on any atom is -0.399 e. The van der Waals surface area contributed by atoms with Gasteiger partial charge in [0, 0.05) is 23.0 Å². The Morgan fingerprint density at radius 1 is 1.10 bits per heavy atom. The van der Waals surface area contributed by atoms with Crippen LogP contribution in [0.5, 0.6) is 0 Å². The number of carbonyl (C=O) groups excluding carboxylic acids is 2. The maximum atomic E-state index is 11.8. The smallest absolute Gasteiger partial charge is 0.248 e. The first-order valence-corrected chi connectivity index (χ1v) is 6.50. The van der Waals surface area contributed by atoms with Crippen LogP contribution in [0.3, 0.4) is 0 Å². The molecule has 0 aliphatic rings. The Labute approximate surface area is 123 Å². The summed E-state index contributed by atoms with van der Waals surface area (Å²) < 4.78 is 0. The highest BCUT2D eigenvalue weighted by Gasteiger charge is 2.02. The third kappa shape index (κ3) is 4.31. The summed E-state index contributed by atoms with van der Waals surface area (Å²) in [6.07, 6.45) is 3.11. The van der Waals surface area contributed by atoms with E-state index in [1.54, 1.807) is 42.5 Å². The van der Waals surface area contributed by atoms with Crippen LogP contribution in [0.15, 0.2) is 54.6 Å². The van der Waals surface area contributed by atoms with Crippen LogP contribution in [0.25, 0.3) is 6.08 Å². The molecule has 2 aromatic rings. The van der Waals surface area contributed by atoms with Gasteiger partial charge in [-0.05, 0) is 42.8 Å². The van der Waals surface area contributed by atoms with Crippen LogP contribution < -0.4 is 11.1 Å². The normalized spacial score (nSPS) is 10.5. The topological polar surface area (TPSA) is 72.2 Å². The molecule has 0 spiro atoms. The van der Waals surface area contributed by atoms with E-state index in [-0.39, 0.29) is 11.7 Å². The van der Waals surface area contributed by atoms with Gasteiger partial charge in [0.1, 0.15) is 0 Å². The number of hydrogen-bond acceptors (Lipinski definition) is 3. The van der Waals surface area contributed by atoms with E-state index in [1.165, 1.54) is 13.0 Å². The van der Waals surface area contributed by atoms with E-state index in [2.05, 4.69) is 5.32 Å². The molecule has 106 valence electrons. The second kappa shape index (κ2) is 6.52. The molecule has 0 unspecified atom stereocenters. The van der Waals surface area contributed by atoms with Gasteiger partial charge in [-0.25, -0.2) is 0 Å². The maximum absolute atomic E-state index is 11.8. The number of benzene rings is 2. The predicted molar refractivity (Wildman–Crippen MR) is 85.0 cm³/mol. The van der Waals surface area contributed by atoms with Gasteiger partial charge in [0.05, 0.1) is 0 Å². The highest BCUT2D eigenvalue weighted by atomic mass is 16.1. The molecule has 0 saturated heterocycles. The van der Waals surface area contributed by atoms with E-state index in [9.17, 15) is 9.59 Å². The number of hydrogen-bond donors (Lipinski definition) is 2. The molecule has 21 heavy (non-hydrogen) atoms. The second-order valence-electron chi connectivity index (χ2n) is 4.63. The fourth-order valence-electron chi connectivity index (χ4n) is 1.83. The zero-order valence-electron chi connectivity index (χ0n) is 11.7. The lowest BCUT2D eigenvalue weighted by atomic mass is 10.1. The van der Waals surface area contributed by atoms with Gasteiger partial charge in [-0.1, -0.05) is 24.3 Å². The van der Waals surface area contributed by atoms with Crippen LogP contribution in [-0.4, -0.2) is 11.7 Å². The number of nitrogens with two attached hydrogens (primary N) is 1. The van der Waals surface area contributed by atoms with Gasteiger partial charge in [-0.2, -0.15) is 0 Å². The molecule has 4 heteroatoms. The van der Waals surface area contributed by atoms with Crippen LogP contribution in [0.4, 0.5) is 11.4 Å². The molecular formula is C17H16N2O2. The van der Waals surface area contributed by atoms with Gasteiger partial charge in [0.15, 0.2) is 5.78 Å². The number of amides is 1. The Morgan fingerprint density at radius 3 is 2.57 bits per heavy atom. The van der Waals surface area contributed by atoms with E-state index in [0.29, 0.717) is 16.9 Å². The van der Waals surface area contributed by atoms with Gasteiger partial charge in [-0.3, -0.25) is 9.59 Å². The molecule has 0 atom stereocenters. The molecule has 3 N–H and O–H groups in total. The van der Waals surface area contributed by atoms with Crippen molar-refractivity contribution < 1.29 is 9.59 Å². The average molecular weight is 280 g/mol. The molecule has 0 bridgehead atoms. The highest BCUT2D eigenvalue weighted by Crippen LogP contribution is 2.12. The van der Waals surface area contributed by atoms with Gasteiger partial charge in [-0.15, -0.1) is 0 Å². The Hall–Kier alpha value is -2.88. The molecule has 4 nitrogen and oxygen atoms in total. The number of nitrogens with one attached hydrogen (secondary N) is 1. The van der Waals surface area contributed by atoms with Crippen LogP contribution >= 0.6 is 0 Å². The molecule has 0 radical (unpaired) electrons. The minimum atomic E-state index is -0.266. The lowest BCUT2D eigenvalue weighted by Gasteiger charge is -2.03. The van der Waals surface area contributed by atoms with E-state index in [1.807, 2.05) is 12.1 Å². The summed E-state index contributed by atoms with van der Waals surface area (Å²) in [7, 11) is 0. The number of rotatable bonds is 4. The van der Waals surface area contributed by atoms with E-state index < -0.39 is 0 Å². The molecule has 0 fully saturated rings. The number of carbonyl (C=O) groups is 2. The SMILES string of the molecule is CC(=O)c1cccc(NC(=O)/C=C/c2cccc(N)c2)c1. The third-order valence-corrected chi connectivity index (χ3v) is 2.87.